The van der Waals surface area contributed by atoms with Crippen LogP contribution in [0.1, 0.15) is 82.3 Å². The Morgan fingerprint density at radius 1 is 0.808 bits per heavy atom. The lowest BCUT2D eigenvalue weighted by Crippen LogP contribution is -2.25. The third-order valence-corrected chi connectivity index (χ3v) is 6.10. The number of unbranched alkanes of at least 4 members (excludes halogenated alkanes) is 6. The van der Waals surface area contributed by atoms with Crippen LogP contribution in [0.2, 0.25) is 0 Å². The molecule has 0 saturated heterocycles. The highest BCUT2D eigenvalue weighted by atomic mass is 14.6. The maximum atomic E-state index is 6.23. The molecule has 2 aromatic carbocycles. The maximum Gasteiger partial charge on any atom is 0.0850 e. The molecule has 1 atom stereocenters. The molecule has 138 valence electrons. The molecule has 0 amide bonds. The Hall–Kier alpha value is -1.89. The second-order valence-corrected chi connectivity index (χ2v) is 7.91. The fraction of sp³-hybridized carbons (Fsp3) is 0.480. The van der Waals surface area contributed by atoms with Crippen LogP contribution in [-0.2, 0) is 5.41 Å². The highest BCUT2D eigenvalue weighted by molar-refractivity contribution is 5.82. The van der Waals surface area contributed by atoms with Crippen molar-refractivity contribution in [3.05, 3.63) is 60.5 Å². The van der Waals surface area contributed by atoms with E-state index in [2.05, 4.69) is 56.3 Å². The second kappa shape index (κ2) is 8.66. The van der Waals surface area contributed by atoms with Crippen LogP contribution in [0.4, 0.5) is 5.69 Å². The van der Waals surface area contributed by atoms with E-state index >= 15 is 0 Å². The summed E-state index contributed by atoms with van der Waals surface area (Å²) >= 11 is 0. The van der Waals surface area contributed by atoms with E-state index in [9.17, 15) is 0 Å². The summed E-state index contributed by atoms with van der Waals surface area (Å²) in [6.07, 6.45) is 12.5. The maximum absolute atomic E-state index is 6.23. The fourth-order valence-corrected chi connectivity index (χ4v) is 4.77. The van der Waals surface area contributed by atoms with E-state index in [-0.39, 0.29) is 5.41 Å². The van der Waals surface area contributed by atoms with E-state index < -0.39 is 0 Å². The lowest BCUT2D eigenvalue weighted by molar-refractivity contribution is 0.402. The van der Waals surface area contributed by atoms with Crippen molar-refractivity contribution in [3.8, 4) is 11.1 Å². The van der Waals surface area contributed by atoms with Crippen LogP contribution in [0, 0.1) is 6.92 Å². The Morgan fingerprint density at radius 2 is 1.50 bits per heavy atom. The third-order valence-electron chi connectivity index (χ3n) is 6.10. The molecule has 1 aliphatic carbocycles. The van der Waals surface area contributed by atoms with Crippen molar-refractivity contribution >= 4 is 5.69 Å². The molecule has 0 aromatic heterocycles. The molecule has 0 radical (unpaired) electrons. The molecule has 26 heavy (non-hydrogen) atoms. The molecular weight excluding hydrogens is 314 g/mol. The van der Waals surface area contributed by atoms with Crippen molar-refractivity contribution in [3.63, 3.8) is 0 Å². The molecule has 1 aliphatic rings. The van der Waals surface area contributed by atoms with Gasteiger partial charge in [0, 0.05) is 11.1 Å². The predicted molar refractivity (Wildman–Crippen MR) is 114 cm³/mol. The van der Waals surface area contributed by atoms with Crippen molar-refractivity contribution in [2.75, 3.05) is 5.73 Å². The molecule has 0 saturated carbocycles. The van der Waals surface area contributed by atoms with Gasteiger partial charge in [0.25, 0.3) is 0 Å². The zero-order chi connectivity index (χ0) is 18.4. The number of nitrogen functional groups attached to an aromatic ring is 1. The number of anilines is 1. The minimum absolute atomic E-state index is 0.149. The molecule has 0 aliphatic heterocycles. The molecule has 3 rings (SSSR count). The van der Waals surface area contributed by atoms with Gasteiger partial charge in [0.1, 0.15) is 0 Å². The van der Waals surface area contributed by atoms with Gasteiger partial charge in [-0.05, 0) is 60.1 Å². The van der Waals surface area contributed by atoms with Gasteiger partial charge < -0.3 is 5.73 Å². The van der Waals surface area contributed by atoms with E-state index in [1.807, 2.05) is 0 Å². The predicted octanol–water partition coefficient (Wildman–Crippen LogP) is 7.29. The average Bonchev–Trinajstić information content (AvgIpc) is 2.92. The molecule has 1 heteroatoms. The lowest BCUT2D eigenvalue weighted by atomic mass is 9.70. The lowest BCUT2D eigenvalue weighted by Gasteiger charge is -2.33. The highest BCUT2D eigenvalue weighted by Crippen LogP contribution is 2.54. The second-order valence-electron chi connectivity index (χ2n) is 7.91. The van der Waals surface area contributed by atoms with Crippen LogP contribution >= 0.6 is 0 Å². The molecule has 0 spiro atoms. The van der Waals surface area contributed by atoms with Gasteiger partial charge in [0.2, 0.25) is 0 Å². The zero-order valence-corrected chi connectivity index (χ0v) is 16.4. The highest BCUT2D eigenvalue weighted by Gasteiger charge is 2.41. The van der Waals surface area contributed by atoms with Gasteiger partial charge in [0.05, 0.1) is 13.3 Å². The van der Waals surface area contributed by atoms with E-state index in [4.69, 9.17) is 5.73 Å². The minimum Gasteiger partial charge on any atom is -0.399 e. The molecular formula is C25H34N+. The first-order valence-corrected chi connectivity index (χ1v) is 10.5. The molecule has 0 bridgehead atoms. The van der Waals surface area contributed by atoms with E-state index in [1.165, 1.54) is 80.0 Å². The smallest absolute Gasteiger partial charge is 0.0850 e. The number of hydrogen-bond donors (Lipinski definition) is 1. The van der Waals surface area contributed by atoms with Crippen molar-refractivity contribution in [2.24, 2.45) is 0 Å². The molecule has 2 N–H and O–H groups in total. The van der Waals surface area contributed by atoms with Gasteiger partial charge in [-0.3, -0.25) is 0 Å². The Morgan fingerprint density at radius 3 is 2.23 bits per heavy atom. The summed E-state index contributed by atoms with van der Waals surface area (Å²) in [6.45, 7) is 6.30. The Balaban J connectivity index is 1.98. The molecule has 0 heterocycles. The van der Waals surface area contributed by atoms with Crippen molar-refractivity contribution in [1.82, 2.24) is 0 Å². The molecule has 1 unspecified atom stereocenters. The number of hydrogen-bond acceptors (Lipinski definition) is 1. The van der Waals surface area contributed by atoms with Gasteiger partial charge in [-0.1, -0.05) is 69.4 Å². The number of benzene rings is 2. The summed E-state index contributed by atoms with van der Waals surface area (Å²) in [6, 6.07) is 15.6. The minimum atomic E-state index is 0.149. The summed E-state index contributed by atoms with van der Waals surface area (Å²) in [5.74, 6) is 0. The summed E-state index contributed by atoms with van der Waals surface area (Å²) in [7, 11) is 0. The van der Waals surface area contributed by atoms with Crippen molar-refractivity contribution < 1.29 is 0 Å². The summed E-state index contributed by atoms with van der Waals surface area (Å²) in [5.41, 5.74) is 13.1. The van der Waals surface area contributed by atoms with Gasteiger partial charge >= 0.3 is 0 Å². The topological polar surface area (TPSA) is 26.0 Å². The summed E-state index contributed by atoms with van der Waals surface area (Å²) in [4.78, 5) is 0. The molecule has 2 aromatic rings. The summed E-state index contributed by atoms with van der Waals surface area (Å²) < 4.78 is 0. The van der Waals surface area contributed by atoms with Crippen LogP contribution in [0.25, 0.3) is 11.1 Å². The van der Waals surface area contributed by atoms with Gasteiger partial charge in [-0.2, -0.15) is 0 Å². The van der Waals surface area contributed by atoms with Crippen LogP contribution in [0.5, 0.6) is 0 Å². The molecule has 1 nitrogen and oxygen atoms in total. The van der Waals surface area contributed by atoms with Crippen molar-refractivity contribution in [2.45, 2.75) is 76.5 Å². The van der Waals surface area contributed by atoms with Crippen LogP contribution < -0.4 is 5.73 Å². The molecule has 0 fully saturated rings. The first-order valence-electron chi connectivity index (χ1n) is 10.5. The largest absolute Gasteiger partial charge is 0.399 e. The van der Waals surface area contributed by atoms with Crippen LogP contribution in [0.15, 0.2) is 42.5 Å². The summed E-state index contributed by atoms with van der Waals surface area (Å²) in [5, 5.41) is 0. The standard InChI is InChI=1S/C25H34N/c1-3-5-7-11-17-25(18-12-8-6-4-2)23-14-10-9-13-21(23)22-16-15-20(26)19-24(22)25/h9-10,13-16,19H,1,3-8,11-12,17-18,26H2,2H3/q+1. The fourth-order valence-electron chi connectivity index (χ4n) is 4.77. The van der Waals surface area contributed by atoms with Gasteiger partial charge in [0.15, 0.2) is 0 Å². The Labute approximate surface area is 160 Å². The first kappa shape index (κ1) is 18.9. The quantitative estimate of drug-likeness (QED) is 0.272. The normalized spacial score (nSPS) is 17.9. The van der Waals surface area contributed by atoms with E-state index in [0.29, 0.717) is 0 Å². The van der Waals surface area contributed by atoms with Crippen LogP contribution in [-0.4, -0.2) is 0 Å². The third kappa shape index (κ3) is 3.63. The Bertz CT molecular complexity index is 704. The van der Waals surface area contributed by atoms with Crippen molar-refractivity contribution in [1.29, 1.82) is 0 Å². The van der Waals surface area contributed by atoms with E-state index in [0.717, 1.165) is 12.1 Å². The number of rotatable bonds is 10. The zero-order valence-electron chi connectivity index (χ0n) is 16.4. The van der Waals surface area contributed by atoms with E-state index in [1.54, 1.807) is 0 Å². The van der Waals surface area contributed by atoms with Crippen LogP contribution in [0.3, 0.4) is 0 Å². The number of fused-ring (bicyclic) bond motifs is 3. The number of nitrogens with two attached hydrogens (primary N) is 1. The van der Waals surface area contributed by atoms with Gasteiger partial charge in [-0.15, -0.1) is 0 Å². The SMILES string of the molecule is [CH2+]CCCCCC1(CCCCCC)c2ccccc2-c2ccc(N)cc21. The van der Waals surface area contributed by atoms with Gasteiger partial charge in [-0.25, -0.2) is 0 Å². The average molecular weight is 349 g/mol. The Kier molecular flexibility index (Phi) is 6.29. The first-order chi connectivity index (χ1) is 12.7. The monoisotopic (exact) mass is 348 g/mol.